The molecule has 1 heterocycles. The Bertz CT molecular complexity index is 344. The maximum absolute atomic E-state index is 11.5. The van der Waals surface area contributed by atoms with Crippen molar-refractivity contribution in [1.82, 2.24) is 19.8 Å². The first kappa shape index (κ1) is 10.9. The van der Waals surface area contributed by atoms with Gasteiger partial charge in [-0.3, -0.25) is 0 Å². The average molecular weight is 198 g/mol. The number of hydrogen-bond acceptors (Lipinski definition) is 3. The lowest BCUT2D eigenvalue weighted by molar-refractivity contribution is 0.336. The summed E-state index contributed by atoms with van der Waals surface area (Å²) in [5.74, 6) is 0. The van der Waals surface area contributed by atoms with Crippen molar-refractivity contribution in [3.05, 3.63) is 10.5 Å². The van der Waals surface area contributed by atoms with Crippen LogP contribution >= 0.6 is 0 Å². The van der Waals surface area contributed by atoms with Crippen molar-refractivity contribution in [2.45, 2.75) is 47.2 Å². The fourth-order valence-corrected chi connectivity index (χ4v) is 1.09. The van der Waals surface area contributed by atoms with Crippen LogP contribution in [0.15, 0.2) is 4.79 Å². The van der Waals surface area contributed by atoms with Crippen LogP contribution in [0, 0.1) is 5.41 Å². The summed E-state index contributed by atoms with van der Waals surface area (Å²) in [6.45, 7) is 9.52. The first-order valence-electron chi connectivity index (χ1n) is 4.94. The van der Waals surface area contributed by atoms with Crippen molar-refractivity contribution in [2.75, 3.05) is 0 Å². The molecule has 0 N–H and O–H groups in total. The van der Waals surface area contributed by atoms with E-state index in [1.165, 1.54) is 9.36 Å². The smallest absolute Gasteiger partial charge is 0.244 e. The fourth-order valence-electron chi connectivity index (χ4n) is 1.09. The second kappa shape index (κ2) is 3.94. The van der Waals surface area contributed by atoms with E-state index in [1.54, 1.807) is 0 Å². The summed E-state index contributed by atoms with van der Waals surface area (Å²) in [6, 6.07) is 0. The second-order valence-electron chi connectivity index (χ2n) is 4.61. The zero-order chi connectivity index (χ0) is 10.8. The lowest BCUT2D eigenvalue weighted by Gasteiger charge is -2.16. The summed E-state index contributed by atoms with van der Waals surface area (Å²) in [4.78, 5) is 11.5. The van der Waals surface area contributed by atoms with Crippen molar-refractivity contribution in [3.63, 3.8) is 0 Å². The van der Waals surface area contributed by atoms with Gasteiger partial charge in [0.1, 0.15) is 0 Å². The number of hydrogen-bond donors (Lipinski definition) is 0. The predicted octanol–water partition coefficient (Wildman–Crippen LogP) is 0.896. The second-order valence-corrected chi connectivity index (χ2v) is 4.61. The minimum absolute atomic E-state index is 0.114. The van der Waals surface area contributed by atoms with Gasteiger partial charge in [0.25, 0.3) is 0 Å². The van der Waals surface area contributed by atoms with E-state index in [0.29, 0.717) is 13.1 Å². The Morgan fingerprint density at radius 2 is 1.79 bits per heavy atom. The van der Waals surface area contributed by atoms with Gasteiger partial charge in [-0.15, -0.1) is 0 Å². The zero-order valence-electron chi connectivity index (χ0n) is 9.32. The lowest BCUT2D eigenvalue weighted by Crippen LogP contribution is -2.26. The number of aryl methyl sites for hydroxylation is 2. The molecule has 0 aliphatic heterocycles. The van der Waals surface area contributed by atoms with E-state index >= 15 is 0 Å². The average Bonchev–Trinajstić information content (AvgIpc) is 2.42. The molecular weight excluding hydrogens is 180 g/mol. The first-order chi connectivity index (χ1) is 6.44. The van der Waals surface area contributed by atoms with Crippen LogP contribution in [0.2, 0.25) is 0 Å². The molecule has 0 aromatic carbocycles. The van der Waals surface area contributed by atoms with Gasteiger partial charge in [0, 0.05) is 13.1 Å². The molecule has 1 aromatic heterocycles. The maximum Gasteiger partial charge on any atom is 0.363 e. The summed E-state index contributed by atoms with van der Waals surface area (Å²) in [5, 5.41) is 7.56. The third kappa shape index (κ3) is 2.68. The Hall–Kier alpha value is -1.13. The third-order valence-corrected chi connectivity index (χ3v) is 2.07. The largest absolute Gasteiger partial charge is 0.363 e. The van der Waals surface area contributed by atoms with Crippen molar-refractivity contribution in [3.8, 4) is 0 Å². The van der Waals surface area contributed by atoms with Crippen LogP contribution in [0.5, 0.6) is 0 Å². The normalized spacial score (nSPS) is 12.0. The molecule has 0 bridgehead atoms. The lowest BCUT2D eigenvalue weighted by atomic mass is 9.92. The minimum atomic E-state index is -0.114. The molecule has 5 heteroatoms. The van der Waals surface area contributed by atoms with Crippen molar-refractivity contribution < 1.29 is 0 Å². The first-order valence-corrected chi connectivity index (χ1v) is 4.94. The Labute approximate surface area is 83.7 Å². The quantitative estimate of drug-likeness (QED) is 0.725. The van der Waals surface area contributed by atoms with Crippen LogP contribution in [0.4, 0.5) is 0 Å². The van der Waals surface area contributed by atoms with Gasteiger partial charge < -0.3 is 0 Å². The highest BCUT2D eigenvalue weighted by Gasteiger charge is 2.12. The summed E-state index contributed by atoms with van der Waals surface area (Å²) in [7, 11) is 0. The van der Waals surface area contributed by atoms with E-state index in [0.717, 1.165) is 6.42 Å². The molecule has 80 valence electrons. The van der Waals surface area contributed by atoms with E-state index in [4.69, 9.17) is 0 Å². The Kier molecular flexibility index (Phi) is 3.08. The van der Waals surface area contributed by atoms with E-state index in [2.05, 4.69) is 31.2 Å². The number of aromatic nitrogens is 4. The molecule has 14 heavy (non-hydrogen) atoms. The molecule has 0 amide bonds. The number of tetrazole rings is 1. The summed E-state index contributed by atoms with van der Waals surface area (Å²) < 4.78 is 2.79. The van der Waals surface area contributed by atoms with E-state index in [-0.39, 0.29) is 11.1 Å². The molecule has 0 unspecified atom stereocenters. The molecule has 0 spiro atoms. The summed E-state index contributed by atoms with van der Waals surface area (Å²) in [6.07, 6.45) is 0.926. The van der Waals surface area contributed by atoms with E-state index in [9.17, 15) is 4.79 Å². The standard InChI is InChI=1S/C9H18N4O/c1-5-12-8(14)13(11-10-12)7-6-9(2,3)4/h5-7H2,1-4H3. The highest BCUT2D eigenvalue weighted by atomic mass is 16.2. The van der Waals surface area contributed by atoms with Crippen LogP contribution in [0.25, 0.3) is 0 Å². The van der Waals surface area contributed by atoms with E-state index < -0.39 is 0 Å². The topological polar surface area (TPSA) is 52.7 Å². The van der Waals surface area contributed by atoms with Crippen LogP contribution in [0.3, 0.4) is 0 Å². The molecule has 0 saturated heterocycles. The van der Waals surface area contributed by atoms with E-state index in [1.807, 2.05) is 6.92 Å². The Morgan fingerprint density at radius 1 is 1.21 bits per heavy atom. The van der Waals surface area contributed by atoms with Crippen LogP contribution < -0.4 is 5.69 Å². The van der Waals surface area contributed by atoms with Gasteiger partial charge in [-0.05, 0) is 29.2 Å². The molecule has 0 aliphatic rings. The predicted molar refractivity (Wildman–Crippen MR) is 54.0 cm³/mol. The van der Waals surface area contributed by atoms with Gasteiger partial charge in [-0.25, -0.2) is 4.79 Å². The fraction of sp³-hybridized carbons (Fsp3) is 0.889. The van der Waals surface area contributed by atoms with Gasteiger partial charge >= 0.3 is 5.69 Å². The van der Waals surface area contributed by atoms with Gasteiger partial charge in [0.2, 0.25) is 0 Å². The zero-order valence-corrected chi connectivity index (χ0v) is 9.32. The molecule has 0 radical (unpaired) electrons. The van der Waals surface area contributed by atoms with Crippen molar-refractivity contribution in [1.29, 1.82) is 0 Å². The van der Waals surface area contributed by atoms with Gasteiger partial charge in [0.15, 0.2) is 0 Å². The van der Waals surface area contributed by atoms with Gasteiger partial charge in [-0.1, -0.05) is 20.8 Å². The molecule has 0 saturated carbocycles. The van der Waals surface area contributed by atoms with Crippen molar-refractivity contribution >= 4 is 0 Å². The van der Waals surface area contributed by atoms with Crippen LogP contribution in [-0.4, -0.2) is 19.8 Å². The summed E-state index contributed by atoms with van der Waals surface area (Å²) in [5.41, 5.74) is 0.104. The Balaban J connectivity index is 2.69. The number of rotatable bonds is 3. The maximum atomic E-state index is 11.5. The Morgan fingerprint density at radius 3 is 2.21 bits per heavy atom. The highest BCUT2D eigenvalue weighted by molar-refractivity contribution is 4.64. The van der Waals surface area contributed by atoms with Crippen LogP contribution in [-0.2, 0) is 13.1 Å². The minimum Gasteiger partial charge on any atom is -0.244 e. The molecule has 5 nitrogen and oxygen atoms in total. The van der Waals surface area contributed by atoms with Gasteiger partial charge in [-0.2, -0.15) is 9.36 Å². The number of nitrogens with zero attached hydrogens (tertiary/aromatic N) is 4. The van der Waals surface area contributed by atoms with Gasteiger partial charge in [0.05, 0.1) is 0 Å². The molecule has 1 rings (SSSR count). The molecule has 0 fully saturated rings. The molecule has 0 atom stereocenters. The summed E-state index contributed by atoms with van der Waals surface area (Å²) >= 11 is 0. The highest BCUT2D eigenvalue weighted by Crippen LogP contribution is 2.18. The third-order valence-electron chi connectivity index (χ3n) is 2.07. The SMILES string of the molecule is CCn1nnn(CCC(C)(C)C)c1=O. The van der Waals surface area contributed by atoms with Crippen molar-refractivity contribution in [2.24, 2.45) is 5.41 Å². The molecule has 1 aromatic rings. The molecule has 0 aliphatic carbocycles. The molecular formula is C9H18N4O. The van der Waals surface area contributed by atoms with Crippen LogP contribution in [0.1, 0.15) is 34.1 Å². The monoisotopic (exact) mass is 198 g/mol.